The molecule has 0 heterocycles. The van der Waals surface area contributed by atoms with Crippen molar-refractivity contribution in [3.05, 3.63) is 12.2 Å². The van der Waals surface area contributed by atoms with Crippen LogP contribution in [0.15, 0.2) is 12.2 Å². The average Bonchev–Trinajstić information content (AvgIpc) is 2.47. The van der Waals surface area contributed by atoms with Crippen molar-refractivity contribution < 1.29 is 9.53 Å². The SMILES string of the molecule is C=C(C(=O)OC)C(Br)SCCCCCCCCCCS. The fourth-order valence-electron chi connectivity index (χ4n) is 1.79. The first-order valence-corrected chi connectivity index (χ1v) is 9.86. The van der Waals surface area contributed by atoms with Gasteiger partial charge in [-0.1, -0.05) is 61.0 Å². The number of hydrogen-bond acceptors (Lipinski definition) is 4. The molecule has 0 saturated heterocycles. The predicted octanol–water partition coefficient (Wildman–Crippen LogP) is 5.22. The highest BCUT2D eigenvalue weighted by atomic mass is 79.9. The minimum absolute atomic E-state index is 0.0313. The van der Waals surface area contributed by atoms with Crippen molar-refractivity contribution in [3.8, 4) is 0 Å². The van der Waals surface area contributed by atoms with E-state index in [1.54, 1.807) is 11.8 Å². The van der Waals surface area contributed by atoms with E-state index >= 15 is 0 Å². The minimum Gasteiger partial charge on any atom is -0.466 e. The smallest absolute Gasteiger partial charge is 0.335 e. The van der Waals surface area contributed by atoms with Gasteiger partial charge >= 0.3 is 5.97 Å². The molecule has 0 N–H and O–H groups in total. The average molecular weight is 383 g/mol. The van der Waals surface area contributed by atoms with Crippen LogP contribution in [-0.4, -0.2) is 28.7 Å². The van der Waals surface area contributed by atoms with Crippen molar-refractivity contribution in [2.24, 2.45) is 0 Å². The van der Waals surface area contributed by atoms with Gasteiger partial charge in [0.15, 0.2) is 0 Å². The van der Waals surface area contributed by atoms with Gasteiger partial charge in [0.2, 0.25) is 0 Å². The first-order chi connectivity index (χ1) is 9.63. The molecule has 0 aromatic carbocycles. The van der Waals surface area contributed by atoms with E-state index in [1.165, 1.54) is 58.5 Å². The van der Waals surface area contributed by atoms with Crippen molar-refractivity contribution in [2.45, 2.75) is 55.5 Å². The van der Waals surface area contributed by atoms with Crippen LogP contribution in [0.1, 0.15) is 51.4 Å². The molecule has 0 spiro atoms. The number of ether oxygens (including phenoxy) is 1. The van der Waals surface area contributed by atoms with Gasteiger partial charge in [0, 0.05) is 0 Å². The Kier molecular flexibility index (Phi) is 14.6. The molecule has 5 heteroatoms. The van der Waals surface area contributed by atoms with E-state index in [0.717, 1.165) is 11.5 Å². The van der Waals surface area contributed by atoms with Gasteiger partial charge in [-0.3, -0.25) is 0 Å². The van der Waals surface area contributed by atoms with Crippen LogP contribution in [0.2, 0.25) is 0 Å². The van der Waals surface area contributed by atoms with Crippen LogP contribution < -0.4 is 0 Å². The first kappa shape index (κ1) is 20.4. The second-order valence-electron chi connectivity index (χ2n) is 4.76. The van der Waals surface area contributed by atoms with Gasteiger partial charge in [0.25, 0.3) is 0 Å². The van der Waals surface area contributed by atoms with Crippen molar-refractivity contribution in [1.29, 1.82) is 0 Å². The maximum Gasteiger partial charge on any atom is 0.335 e. The summed E-state index contributed by atoms with van der Waals surface area (Å²) in [5.74, 6) is 1.73. The van der Waals surface area contributed by atoms with Crippen LogP contribution in [0.25, 0.3) is 0 Å². The van der Waals surface area contributed by atoms with Gasteiger partial charge in [-0.25, -0.2) is 4.79 Å². The Morgan fingerprint density at radius 1 is 1.15 bits per heavy atom. The molecule has 0 bridgehead atoms. The Balaban J connectivity index is 3.35. The minimum atomic E-state index is -0.333. The van der Waals surface area contributed by atoms with Crippen LogP contribution in [0.3, 0.4) is 0 Å². The summed E-state index contributed by atoms with van der Waals surface area (Å²) >= 11 is 9.38. The summed E-state index contributed by atoms with van der Waals surface area (Å²) in [6.45, 7) is 3.74. The van der Waals surface area contributed by atoms with Crippen LogP contribution in [0.4, 0.5) is 0 Å². The van der Waals surface area contributed by atoms with Gasteiger partial charge < -0.3 is 4.74 Å². The molecule has 0 amide bonds. The third-order valence-electron chi connectivity index (χ3n) is 3.04. The highest BCUT2D eigenvalue weighted by Gasteiger charge is 2.16. The van der Waals surface area contributed by atoms with Gasteiger partial charge in [-0.2, -0.15) is 12.6 Å². The van der Waals surface area contributed by atoms with Gasteiger partial charge in [0.1, 0.15) is 0 Å². The Bertz CT molecular complexity index is 273. The summed E-state index contributed by atoms with van der Waals surface area (Å²) in [7, 11) is 1.38. The molecule has 0 fully saturated rings. The lowest BCUT2D eigenvalue weighted by Gasteiger charge is -2.10. The van der Waals surface area contributed by atoms with Gasteiger partial charge in [-0.15, -0.1) is 11.8 Å². The number of alkyl halides is 1. The molecule has 2 nitrogen and oxygen atoms in total. The number of rotatable bonds is 13. The number of thioether (sulfide) groups is 1. The first-order valence-electron chi connectivity index (χ1n) is 7.27. The Morgan fingerprint density at radius 3 is 2.15 bits per heavy atom. The quantitative estimate of drug-likeness (QED) is 0.155. The van der Waals surface area contributed by atoms with Crippen molar-refractivity contribution in [2.75, 3.05) is 18.6 Å². The summed E-state index contributed by atoms with van der Waals surface area (Å²) in [5.41, 5.74) is 0.488. The summed E-state index contributed by atoms with van der Waals surface area (Å²) < 4.78 is 4.61. The summed E-state index contributed by atoms with van der Waals surface area (Å²) in [6, 6.07) is 0. The van der Waals surface area contributed by atoms with Crippen LogP contribution in [0, 0.1) is 0 Å². The molecule has 118 valence electrons. The summed E-state index contributed by atoms with van der Waals surface area (Å²) in [4.78, 5) is 11.3. The molecule has 20 heavy (non-hydrogen) atoms. The Morgan fingerprint density at radius 2 is 1.65 bits per heavy atom. The molecule has 0 aromatic rings. The van der Waals surface area contributed by atoms with E-state index in [9.17, 15) is 4.79 Å². The van der Waals surface area contributed by atoms with Crippen molar-refractivity contribution in [3.63, 3.8) is 0 Å². The molecule has 0 saturated carbocycles. The fourth-order valence-corrected chi connectivity index (χ4v) is 3.63. The lowest BCUT2D eigenvalue weighted by molar-refractivity contribution is -0.136. The van der Waals surface area contributed by atoms with Gasteiger partial charge in [0.05, 0.1) is 16.8 Å². The second-order valence-corrected chi connectivity index (χ2v) is 7.94. The largest absolute Gasteiger partial charge is 0.466 e. The van der Waals surface area contributed by atoms with Crippen LogP contribution in [-0.2, 0) is 9.53 Å². The van der Waals surface area contributed by atoms with Gasteiger partial charge in [-0.05, 0) is 24.3 Å². The number of halogens is 1. The predicted molar refractivity (Wildman–Crippen MR) is 97.1 cm³/mol. The monoisotopic (exact) mass is 382 g/mol. The van der Waals surface area contributed by atoms with E-state index in [-0.39, 0.29) is 10.1 Å². The molecular weight excluding hydrogens is 356 g/mol. The van der Waals surface area contributed by atoms with Crippen LogP contribution >= 0.6 is 40.3 Å². The zero-order valence-corrected chi connectivity index (χ0v) is 15.7. The standard InChI is InChI=1S/C15H27BrO2S2/c1-13(15(17)18-2)14(16)20-12-10-8-6-4-3-5-7-9-11-19/h14,19H,1,3-12H2,2H3. The van der Waals surface area contributed by atoms with Crippen molar-refractivity contribution in [1.82, 2.24) is 0 Å². The molecular formula is C15H27BrO2S2. The Labute approximate surface area is 142 Å². The second kappa shape index (κ2) is 14.3. The van der Waals surface area contributed by atoms with E-state index in [2.05, 4.69) is 39.9 Å². The lowest BCUT2D eigenvalue weighted by atomic mass is 10.1. The number of methoxy groups -OCH3 is 1. The number of esters is 1. The van der Waals surface area contributed by atoms with E-state index in [0.29, 0.717) is 5.57 Å². The number of unbranched alkanes of at least 4 members (excludes halogenated alkanes) is 7. The number of carbonyl (C=O) groups excluding carboxylic acids is 1. The van der Waals surface area contributed by atoms with Crippen LogP contribution in [0.5, 0.6) is 0 Å². The molecule has 0 aliphatic carbocycles. The molecule has 0 aliphatic heterocycles. The zero-order valence-electron chi connectivity index (χ0n) is 12.4. The maximum atomic E-state index is 11.3. The molecule has 0 aliphatic rings. The fraction of sp³-hybridized carbons (Fsp3) is 0.800. The maximum absolute atomic E-state index is 11.3. The summed E-state index contributed by atoms with van der Waals surface area (Å²) in [5, 5.41) is 0. The zero-order chi connectivity index (χ0) is 15.2. The highest BCUT2D eigenvalue weighted by Crippen LogP contribution is 2.26. The number of hydrogen-bond donors (Lipinski definition) is 1. The van der Waals surface area contributed by atoms with E-state index in [4.69, 9.17) is 0 Å². The molecule has 0 aromatic heterocycles. The molecule has 1 unspecified atom stereocenters. The molecule has 1 atom stereocenters. The third kappa shape index (κ3) is 11.1. The Hall–Kier alpha value is 0.390. The number of thiol groups is 1. The van der Waals surface area contributed by atoms with Crippen molar-refractivity contribution >= 4 is 46.3 Å². The normalized spacial score (nSPS) is 12.2. The molecule has 0 radical (unpaired) electrons. The van der Waals surface area contributed by atoms with E-state index in [1.807, 2.05) is 0 Å². The third-order valence-corrected chi connectivity index (χ3v) is 5.80. The lowest BCUT2D eigenvalue weighted by Crippen LogP contribution is -2.11. The van der Waals surface area contributed by atoms with E-state index < -0.39 is 0 Å². The molecule has 0 rings (SSSR count). The highest BCUT2D eigenvalue weighted by molar-refractivity contribution is 9.11. The summed E-state index contributed by atoms with van der Waals surface area (Å²) in [6.07, 6.45) is 10.4. The number of carbonyl (C=O) groups is 1. The topological polar surface area (TPSA) is 26.3 Å².